The predicted molar refractivity (Wildman–Crippen MR) is 87.9 cm³/mol. The summed E-state index contributed by atoms with van der Waals surface area (Å²) < 4.78 is 36.9. The number of hydrogen-bond donors (Lipinski definition) is 1. The van der Waals surface area contributed by atoms with Crippen molar-refractivity contribution in [2.45, 2.75) is 22.8 Å². The summed E-state index contributed by atoms with van der Waals surface area (Å²) in [5, 5.41) is 7.49. The average Bonchev–Trinajstić information content (AvgIpc) is 3.22. The third kappa shape index (κ3) is 2.27. The van der Waals surface area contributed by atoms with E-state index in [-0.39, 0.29) is 4.90 Å². The lowest BCUT2D eigenvalue weighted by Crippen LogP contribution is -2.22. The van der Waals surface area contributed by atoms with E-state index in [2.05, 4.69) is 5.32 Å². The normalized spacial score (nSPS) is 14.8. The van der Waals surface area contributed by atoms with Crippen molar-refractivity contribution in [3.8, 4) is 5.75 Å². The highest BCUT2D eigenvalue weighted by molar-refractivity contribution is 7.91. The van der Waals surface area contributed by atoms with E-state index in [1.807, 2.05) is 0 Å². The van der Waals surface area contributed by atoms with Crippen molar-refractivity contribution in [2.75, 3.05) is 13.7 Å². The number of benzene rings is 1. The maximum Gasteiger partial charge on any atom is 0.207 e. The molecule has 0 aliphatic carbocycles. The third-order valence-electron chi connectivity index (χ3n) is 4.08. The van der Waals surface area contributed by atoms with Crippen LogP contribution in [0.5, 0.6) is 5.75 Å². The maximum absolute atomic E-state index is 12.8. The van der Waals surface area contributed by atoms with Crippen LogP contribution >= 0.6 is 11.3 Å². The molecule has 2 aromatic heterocycles. The summed E-state index contributed by atoms with van der Waals surface area (Å²) in [6.45, 7) is 1.53. The summed E-state index contributed by atoms with van der Waals surface area (Å²) in [4.78, 5) is 0.536. The zero-order chi connectivity index (χ0) is 16.0. The van der Waals surface area contributed by atoms with Gasteiger partial charge in [0.15, 0.2) is 11.3 Å². The second-order valence-electron chi connectivity index (χ2n) is 5.40. The molecule has 1 aliphatic rings. The Balaban J connectivity index is 1.99. The Kier molecular flexibility index (Phi) is 3.44. The van der Waals surface area contributed by atoms with Crippen molar-refractivity contribution in [3.05, 3.63) is 40.3 Å². The topological polar surface area (TPSA) is 68.5 Å². The van der Waals surface area contributed by atoms with Gasteiger partial charge in [-0.2, -0.15) is 11.3 Å². The molecule has 120 valence electrons. The van der Waals surface area contributed by atoms with E-state index in [9.17, 15) is 8.42 Å². The second-order valence-corrected chi connectivity index (χ2v) is 8.12. The molecule has 4 rings (SSSR count). The second kappa shape index (κ2) is 5.36. The molecule has 3 aromatic rings. The van der Waals surface area contributed by atoms with Crippen LogP contribution in [0.15, 0.2) is 43.2 Å². The minimum absolute atomic E-state index is 0.231. The molecule has 1 aliphatic heterocycles. The van der Waals surface area contributed by atoms with Crippen LogP contribution in [0.2, 0.25) is 0 Å². The van der Waals surface area contributed by atoms with E-state index >= 15 is 0 Å². The molecule has 1 N–H and O–H groups in total. The summed E-state index contributed by atoms with van der Waals surface area (Å²) in [5.41, 5.74) is 1.64. The Labute approximate surface area is 137 Å². The summed E-state index contributed by atoms with van der Waals surface area (Å²) >= 11 is 1.36. The van der Waals surface area contributed by atoms with Crippen LogP contribution in [0.25, 0.3) is 11.0 Å². The summed E-state index contributed by atoms with van der Waals surface area (Å²) in [6, 6.07) is 4.85. The smallest absolute Gasteiger partial charge is 0.207 e. The highest BCUT2D eigenvalue weighted by atomic mass is 32.2. The zero-order valence-electron chi connectivity index (χ0n) is 12.5. The van der Waals surface area contributed by atoms with Crippen LogP contribution in [0.1, 0.15) is 11.3 Å². The number of ether oxygens (including phenoxy) is 1. The Hall–Kier alpha value is -1.83. The molecule has 1 aromatic carbocycles. The van der Waals surface area contributed by atoms with Crippen LogP contribution < -0.4 is 10.1 Å². The van der Waals surface area contributed by atoms with Gasteiger partial charge in [0.25, 0.3) is 0 Å². The first-order chi connectivity index (χ1) is 11.1. The lowest BCUT2D eigenvalue weighted by atomic mass is 10.1. The largest absolute Gasteiger partial charge is 0.493 e. The maximum atomic E-state index is 12.8. The first-order valence-corrected chi connectivity index (χ1v) is 9.64. The zero-order valence-corrected chi connectivity index (χ0v) is 14.1. The highest BCUT2D eigenvalue weighted by Crippen LogP contribution is 2.38. The molecule has 0 spiro atoms. The lowest BCUT2D eigenvalue weighted by molar-refractivity contribution is 0.404. The SMILES string of the molecule is COc1cc(S(=O)(=O)c2ccsc2)cc2c3c(oc12)CCNC3. The summed E-state index contributed by atoms with van der Waals surface area (Å²) in [5.74, 6) is 1.35. The molecule has 0 amide bonds. The van der Waals surface area contributed by atoms with Crippen LogP contribution in [-0.2, 0) is 22.8 Å². The van der Waals surface area contributed by atoms with Gasteiger partial charge in [-0.1, -0.05) is 0 Å². The number of fused-ring (bicyclic) bond motifs is 3. The number of rotatable bonds is 3. The van der Waals surface area contributed by atoms with Gasteiger partial charge in [0.2, 0.25) is 9.84 Å². The number of furan rings is 1. The quantitative estimate of drug-likeness (QED) is 0.787. The van der Waals surface area contributed by atoms with E-state index < -0.39 is 9.84 Å². The minimum Gasteiger partial charge on any atom is -0.493 e. The molecule has 7 heteroatoms. The Morgan fingerprint density at radius 2 is 2.17 bits per heavy atom. The molecule has 0 radical (unpaired) electrons. The van der Waals surface area contributed by atoms with Crippen molar-refractivity contribution >= 4 is 32.1 Å². The summed E-state index contributed by atoms with van der Waals surface area (Å²) in [6.07, 6.45) is 0.791. The molecule has 0 atom stereocenters. The number of hydrogen-bond acceptors (Lipinski definition) is 6. The predicted octanol–water partition coefficient (Wildman–Crippen LogP) is 2.98. The van der Waals surface area contributed by atoms with Crippen molar-refractivity contribution in [1.82, 2.24) is 5.32 Å². The van der Waals surface area contributed by atoms with Gasteiger partial charge in [-0.3, -0.25) is 0 Å². The number of methoxy groups -OCH3 is 1. The number of thiophene rings is 1. The molecule has 5 nitrogen and oxygen atoms in total. The van der Waals surface area contributed by atoms with E-state index in [0.717, 1.165) is 29.7 Å². The fourth-order valence-electron chi connectivity index (χ4n) is 2.90. The molecule has 0 bridgehead atoms. The Morgan fingerprint density at radius 1 is 1.30 bits per heavy atom. The van der Waals surface area contributed by atoms with Crippen molar-refractivity contribution in [1.29, 1.82) is 0 Å². The van der Waals surface area contributed by atoms with Gasteiger partial charge in [0.1, 0.15) is 5.76 Å². The van der Waals surface area contributed by atoms with Crippen molar-refractivity contribution in [2.24, 2.45) is 0 Å². The molecular formula is C16H15NO4S2. The number of sulfone groups is 1. The van der Waals surface area contributed by atoms with E-state index in [0.29, 0.717) is 22.8 Å². The average molecular weight is 349 g/mol. The van der Waals surface area contributed by atoms with Crippen LogP contribution in [0.3, 0.4) is 0 Å². The van der Waals surface area contributed by atoms with Gasteiger partial charge >= 0.3 is 0 Å². The molecule has 0 saturated heterocycles. The molecule has 3 heterocycles. The third-order valence-corrected chi connectivity index (χ3v) is 6.64. The van der Waals surface area contributed by atoms with Crippen LogP contribution in [0.4, 0.5) is 0 Å². The van der Waals surface area contributed by atoms with E-state index in [1.54, 1.807) is 22.9 Å². The Bertz CT molecular complexity index is 971. The first kappa shape index (κ1) is 14.7. The van der Waals surface area contributed by atoms with Crippen LogP contribution in [0, 0.1) is 0 Å². The van der Waals surface area contributed by atoms with Gasteiger partial charge in [0, 0.05) is 41.9 Å². The van der Waals surface area contributed by atoms with Gasteiger partial charge in [-0.05, 0) is 17.5 Å². The Morgan fingerprint density at radius 3 is 2.91 bits per heavy atom. The van der Waals surface area contributed by atoms with E-state index in [4.69, 9.17) is 9.15 Å². The fourth-order valence-corrected chi connectivity index (χ4v) is 5.23. The van der Waals surface area contributed by atoms with Crippen molar-refractivity contribution in [3.63, 3.8) is 0 Å². The van der Waals surface area contributed by atoms with Gasteiger partial charge in [0.05, 0.1) is 16.9 Å². The van der Waals surface area contributed by atoms with Crippen LogP contribution in [-0.4, -0.2) is 22.1 Å². The van der Waals surface area contributed by atoms with Gasteiger partial charge in [-0.25, -0.2) is 8.42 Å². The van der Waals surface area contributed by atoms with Gasteiger partial charge < -0.3 is 14.5 Å². The molecule has 0 unspecified atom stereocenters. The number of nitrogens with one attached hydrogen (secondary N) is 1. The first-order valence-electron chi connectivity index (χ1n) is 7.21. The van der Waals surface area contributed by atoms with E-state index in [1.165, 1.54) is 24.5 Å². The molecule has 0 saturated carbocycles. The standard InChI is InChI=1S/C16H15NO4S2/c1-20-15-7-11(23(18,19)10-3-5-22-9-10)6-12-13-8-17-4-2-14(13)21-16(12)15/h3,5-7,9,17H,2,4,8H2,1H3. The monoisotopic (exact) mass is 349 g/mol. The molecular weight excluding hydrogens is 334 g/mol. The minimum atomic E-state index is -3.56. The molecule has 0 fully saturated rings. The van der Waals surface area contributed by atoms with Crippen molar-refractivity contribution < 1.29 is 17.6 Å². The fraction of sp³-hybridized carbons (Fsp3) is 0.250. The lowest BCUT2D eigenvalue weighted by Gasteiger charge is -2.11. The summed E-state index contributed by atoms with van der Waals surface area (Å²) in [7, 11) is -2.03. The van der Waals surface area contributed by atoms with Gasteiger partial charge in [-0.15, -0.1) is 0 Å². The molecule has 23 heavy (non-hydrogen) atoms. The highest BCUT2D eigenvalue weighted by Gasteiger charge is 2.25.